The number of hydrogen-bond donors (Lipinski definition) is 0. The Morgan fingerprint density at radius 2 is 1.91 bits per heavy atom. The molecule has 0 N–H and O–H groups in total. The molecule has 164 valence electrons. The zero-order chi connectivity index (χ0) is 22.6. The minimum Gasteiger partial charge on any atom is -0.299 e. The minimum atomic E-state index is -0.561. The molecule has 1 aliphatic rings. The Morgan fingerprint density at radius 3 is 2.59 bits per heavy atom. The van der Waals surface area contributed by atoms with Gasteiger partial charge in [0.15, 0.2) is 11.2 Å². The predicted molar refractivity (Wildman–Crippen MR) is 125 cm³/mol. The van der Waals surface area contributed by atoms with E-state index in [-0.39, 0.29) is 34.9 Å². The van der Waals surface area contributed by atoms with Crippen LogP contribution in [0.4, 0.5) is 0 Å². The second kappa shape index (κ2) is 7.84. The molecule has 0 unspecified atom stereocenters. The Bertz CT molecular complexity index is 1480. The Kier molecular flexibility index (Phi) is 5.11. The second-order valence-corrected chi connectivity index (χ2v) is 9.61. The van der Waals surface area contributed by atoms with Gasteiger partial charge < -0.3 is 0 Å². The van der Waals surface area contributed by atoms with Crippen molar-refractivity contribution in [1.82, 2.24) is 23.7 Å². The first kappa shape index (κ1) is 20.9. The lowest BCUT2D eigenvalue weighted by molar-refractivity contribution is -0.133. The third-order valence-corrected chi connectivity index (χ3v) is 7.62. The van der Waals surface area contributed by atoms with Crippen LogP contribution in [0.2, 0.25) is 5.28 Å². The summed E-state index contributed by atoms with van der Waals surface area (Å²) in [4.78, 5) is 44.6. The van der Waals surface area contributed by atoms with Crippen LogP contribution in [0.3, 0.4) is 0 Å². The molecule has 0 aliphatic carbocycles. The molecule has 9 nitrogen and oxygen atoms in total. The number of fused-ring (bicyclic) bond motifs is 1. The number of nitrogens with zero attached hydrogens (tertiary/aromatic N) is 6. The van der Waals surface area contributed by atoms with Crippen LogP contribution < -0.4 is 11.2 Å². The van der Waals surface area contributed by atoms with Crippen molar-refractivity contribution in [3.05, 3.63) is 70.9 Å². The summed E-state index contributed by atoms with van der Waals surface area (Å²) in [6.45, 7) is -0.230. The summed E-state index contributed by atoms with van der Waals surface area (Å²) in [5, 5.41) is 9.99. The number of amides is 1. The van der Waals surface area contributed by atoms with Crippen molar-refractivity contribution in [1.29, 1.82) is 0 Å². The fourth-order valence-corrected chi connectivity index (χ4v) is 5.56. The van der Waals surface area contributed by atoms with Crippen molar-refractivity contribution in [2.24, 2.45) is 19.2 Å². The maximum atomic E-state index is 13.4. The van der Waals surface area contributed by atoms with Gasteiger partial charge in [0.05, 0.1) is 16.6 Å². The number of carbonyl (C=O) groups is 1. The third-order valence-electron chi connectivity index (χ3n) is 5.44. The van der Waals surface area contributed by atoms with Gasteiger partial charge in [0.25, 0.3) is 11.5 Å². The summed E-state index contributed by atoms with van der Waals surface area (Å²) < 4.78 is 3.55. The van der Waals surface area contributed by atoms with Crippen LogP contribution in [0, 0.1) is 0 Å². The molecule has 1 atom stereocenters. The van der Waals surface area contributed by atoms with Crippen molar-refractivity contribution in [3.8, 4) is 0 Å². The van der Waals surface area contributed by atoms with Gasteiger partial charge in [-0.15, -0.1) is 22.7 Å². The van der Waals surface area contributed by atoms with Gasteiger partial charge in [0, 0.05) is 25.4 Å². The lowest BCUT2D eigenvalue weighted by atomic mass is 10.1. The highest BCUT2D eigenvalue weighted by Gasteiger charge is 2.34. The predicted octanol–water partition coefficient (Wildman–Crippen LogP) is 2.59. The van der Waals surface area contributed by atoms with Crippen LogP contribution in [0.5, 0.6) is 0 Å². The molecular weight excluding hydrogens is 472 g/mol. The van der Waals surface area contributed by atoms with Crippen molar-refractivity contribution < 1.29 is 4.79 Å². The van der Waals surface area contributed by atoms with Crippen molar-refractivity contribution in [3.63, 3.8) is 0 Å². The third kappa shape index (κ3) is 3.24. The fraction of sp³-hybridized carbons (Fsp3) is 0.250. The molecule has 1 aliphatic heterocycles. The van der Waals surface area contributed by atoms with E-state index in [9.17, 15) is 14.4 Å². The van der Waals surface area contributed by atoms with E-state index in [2.05, 4.69) is 10.1 Å². The maximum Gasteiger partial charge on any atom is 0.332 e. The summed E-state index contributed by atoms with van der Waals surface area (Å²) in [5.41, 5.74) is -0.00392. The second-order valence-electron chi connectivity index (χ2n) is 7.34. The number of imidazole rings is 1. The van der Waals surface area contributed by atoms with Crippen LogP contribution in [-0.2, 0) is 25.4 Å². The van der Waals surface area contributed by atoms with Gasteiger partial charge in [-0.2, -0.15) is 10.1 Å². The molecule has 4 aromatic heterocycles. The summed E-state index contributed by atoms with van der Waals surface area (Å²) in [5.74, 6) is -0.327. The molecule has 32 heavy (non-hydrogen) atoms. The van der Waals surface area contributed by atoms with Crippen molar-refractivity contribution in [2.75, 3.05) is 0 Å². The van der Waals surface area contributed by atoms with Crippen LogP contribution >= 0.6 is 34.3 Å². The zero-order valence-corrected chi connectivity index (χ0v) is 19.4. The van der Waals surface area contributed by atoms with E-state index in [4.69, 9.17) is 11.6 Å². The topological polar surface area (TPSA) is 94.5 Å². The van der Waals surface area contributed by atoms with Gasteiger partial charge in [-0.05, 0) is 34.5 Å². The number of rotatable bonds is 4. The lowest BCUT2D eigenvalue weighted by Crippen LogP contribution is -2.38. The van der Waals surface area contributed by atoms with Gasteiger partial charge in [0.2, 0.25) is 5.28 Å². The fourth-order valence-electron chi connectivity index (χ4n) is 3.81. The summed E-state index contributed by atoms with van der Waals surface area (Å²) in [7, 11) is 2.88. The van der Waals surface area contributed by atoms with E-state index in [1.807, 2.05) is 35.0 Å². The molecule has 0 bridgehead atoms. The van der Waals surface area contributed by atoms with Crippen LogP contribution in [0.15, 0.2) is 49.7 Å². The number of carbonyl (C=O) groups excluding carboxylic acids is 1. The van der Waals surface area contributed by atoms with E-state index in [0.29, 0.717) is 6.42 Å². The largest absolute Gasteiger partial charge is 0.332 e. The van der Waals surface area contributed by atoms with E-state index in [0.717, 1.165) is 20.0 Å². The number of aromatic nitrogens is 4. The highest BCUT2D eigenvalue weighted by molar-refractivity contribution is 7.12. The van der Waals surface area contributed by atoms with Crippen LogP contribution in [0.25, 0.3) is 11.2 Å². The first-order valence-corrected chi connectivity index (χ1v) is 11.8. The summed E-state index contributed by atoms with van der Waals surface area (Å²) in [6, 6.07) is 7.61. The first-order valence-electron chi connectivity index (χ1n) is 9.65. The highest BCUT2D eigenvalue weighted by atomic mass is 35.5. The summed E-state index contributed by atoms with van der Waals surface area (Å²) in [6.07, 6.45) is 0.599. The molecule has 4 aromatic rings. The van der Waals surface area contributed by atoms with E-state index in [1.54, 1.807) is 22.7 Å². The first-order chi connectivity index (χ1) is 15.4. The van der Waals surface area contributed by atoms with Crippen LogP contribution in [-0.4, -0.2) is 35.3 Å². The molecule has 0 fully saturated rings. The van der Waals surface area contributed by atoms with E-state index >= 15 is 0 Å². The molecule has 0 radical (unpaired) electrons. The number of hydrogen-bond acceptors (Lipinski definition) is 7. The lowest BCUT2D eigenvalue weighted by Gasteiger charge is -2.21. The average Bonchev–Trinajstić information content (AvgIpc) is 3.57. The number of aryl methyl sites for hydroxylation is 1. The standard InChI is InChI=1S/C20H17ClN6O3S2/c1-24-17-16(18(29)25(2)20(24)30)26(19(21)22-17)10-15(28)27-12(14-6-4-8-32-14)9-11(23-27)13-5-3-7-31-13/h3-8,12H,9-10H2,1-2H3/t12-/m0/s1. The number of hydrazone groups is 1. The normalized spacial score (nSPS) is 16.2. The molecule has 5 rings (SSSR count). The molecule has 0 aromatic carbocycles. The van der Waals surface area contributed by atoms with Crippen molar-refractivity contribution >= 4 is 57.1 Å². The van der Waals surface area contributed by atoms with Gasteiger partial charge in [-0.1, -0.05) is 12.1 Å². The highest BCUT2D eigenvalue weighted by Crippen LogP contribution is 2.36. The molecule has 1 amide bonds. The Balaban J connectivity index is 1.56. The maximum absolute atomic E-state index is 13.4. The van der Waals surface area contributed by atoms with E-state index < -0.39 is 11.2 Å². The quantitative estimate of drug-likeness (QED) is 0.412. The van der Waals surface area contributed by atoms with Crippen LogP contribution in [0.1, 0.15) is 22.2 Å². The molecule has 0 saturated carbocycles. The van der Waals surface area contributed by atoms with Gasteiger partial charge in [0.1, 0.15) is 6.54 Å². The number of thiophene rings is 2. The molecule has 5 heterocycles. The van der Waals surface area contributed by atoms with Gasteiger partial charge in [-0.25, -0.2) is 9.80 Å². The minimum absolute atomic E-state index is 0.0408. The molecule has 0 spiro atoms. The Labute approximate surface area is 194 Å². The van der Waals surface area contributed by atoms with E-state index in [1.165, 1.54) is 28.2 Å². The SMILES string of the molecule is Cn1c(=O)c2c(nc(Cl)n2CC(=O)N2N=C(c3cccs3)C[C@H]2c2cccs2)n(C)c1=O. The molecular formula is C20H17ClN6O3S2. The zero-order valence-electron chi connectivity index (χ0n) is 17.1. The molecule has 0 saturated heterocycles. The monoisotopic (exact) mass is 488 g/mol. The number of halogens is 1. The Morgan fingerprint density at radius 1 is 1.16 bits per heavy atom. The summed E-state index contributed by atoms with van der Waals surface area (Å²) >= 11 is 9.43. The van der Waals surface area contributed by atoms with Crippen molar-refractivity contribution in [2.45, 2.75) is 19.0 Å². The van der Waals surface area contributed by atoms with Gasteiger partial charge >= 0.3 is 5.69 Å². The smallest absolute Gasteiger partial charge is 0.299 e. The molecule has 12 heteroatoms. The average molecular weight is 489 g/mol. The van der Waals surface area contributed by atoms with Gasteiger partial charge in [-0.3, -0.25) is 23.3 Å². The Hall–Kier alpha value is -3.02.